The van der Waals surface area contributed by atoms with Crippen LogP contribution >= 0.6 is 11.6 Å². The van der Waals surface area contributed by atoms with Crippen molar-refractivity contribution in [2.45, 2.75) is 32.2 Å². The molecule has 2 aromatic rings. The van der Waals surface area contributed by atoms with Crippen molar-refractivity contribution in [3.63, 3.8) is 0 Å². The number of carboxylic acids is 1. The monoisotopic (exact) mass is 317 g/mol. The Kier molecular flexibility index (Phi) is 3.79. The molecule has 0 spiro atoms. The zero-order valence-corrected chi connectivity index (χ0v) is 12.9. The van der Waals surface area contributed by atoms with E-state index in [1.54, 1.807) is 24.3 Å². The summed E-state index contributed by atoms with van der Waals surface area (Å²) in [5, 5.41) is 9.94. The number of aliphatic carboxylic acids is 1. The molecule has 0 saturated carbocycles. The van der Waals surface area contributed by atoms with Gasteiger partial charge in [-0.25, -0.2) is 0 Å². The molecule has 1 aliphatic heterocycles. The van der Waals surface area contributed by atoms with Crippen LogP contribution in [-0.4, -0.2) is 21.4 Å². The van der Waals surface area contributed by atoms with E-state index in [1.165, 1.54) is 0 Å². The molecule has 1 aromatic heterocycles. The highest BCUT2D eigenvalue weighted by atomic mass is 35.5. The molecule has 0 amide bonds. The summed E-state index contributed by atoms with van der Waals surface area (Å²) < 4.78 is 1.87. The van der Waals surface area contributed by atoms with Gasteiger partial charge < -0.3 is 9.67 Å². The minimum atomic E-state index is -0.830. The van der Waals surface area contributed by atoms with Crippen LogP contribution in [0.5, 0.6) is 0 Å². The van der Waals surface area contributed by atoms with E-state index in [0.29, 0.717) is 29.2 Å². The van der Waals surface area contributed by atoms with Crippen LogP contribution in [0, 0.1) is 6.92 Å². The second kappa shape index (κ2) is 5.61. The first-order chi connectivity index (χ1) is 10.5. The van der Waals surface area contributed by atoms with Crippen molar-refractivity contribution in [1.82, 2.24) is 4.57 Å². The lowest BCUT2D eigenvalue weighted by atomic mass is 9.96. The number of nitrogens with zero attached hydrogens (tertiary/aromatic N) is 1. The quantitative estimate of drug-likeness (QED) is 0.879. The summed E-state index contributed by atoms with van der Waals surface area (Å²) in [4.78, 5) is 24.2. The molecule has 0 radical (unpaired) electrons. The molecule has 0 saturated heterocycles. The molecular formula is C17H16ClNO3. The van der Waals surface area contributed by atoms with Gasteiger partial charge in [0.2, 0.25) is 5.78 Å². The van der Waals surface area contributed by atoms with Crippen LogP contribution in [0.2, 0.25) is 5.02 Å². The number of hydrogen-bond acceptors (Lipinski definition) is 2. The number of carboxylic acid groups (broad SMARTS) is 1. The molecule has 1 unspecified atom stereocenters. The smallest absolute Gasteiger partial charge is 0.312 e. The zero-order valence-electron chi connectivity index (χ0n) is 12.2. The molecule has 0 aliphatic carbocycles. The standard InChI is InChI=1S/C17H16ClNO3/c1-10-9-14-13(17(21)22)3-2-8-19(14)15(10)16(20)11-4-6-12(18)7-5-11/h4-7,9,13H,2-3,8H2,1H3,(H,21,22). The summed E-state index contributed by atoms with van der Waals surface area (Å²) >= 11 is 5.86. The Hall–Kier alpha value is -2.07. The first-order valence-corrected chi connectivity index (χ1v) is 7.60. The van der Waals surface area contributed by atoms with Crippen LogP contribution < -0.4 is 0 Å². The lowest BCUT2D eigenvalue weighted by molar-refractivity contribution is -0.139. The van der Waals surface area contributed by atoms with E-state index in [9.17, 15) is 14.7 Å². The number of aromatic nitrogens is 1. The van der Waals surface area contributed by atoms with Crippen molar-refractivity contribution in [2.75, 3.05) is 0 Å². The van der Waals surface area contributed by atoms with Gasteiger partial charge in [-0.05, 0) is 55.7 Å². The van der Waals surface area contributed by atoms with E-state index >= 15 is 0 Å². The predicted octanol–water partition coefficient (Wildman–Crippen LogP) is 3.64. The van der Waals surface area contributed by atoms with Gasteiger partial charge in [0.05, 0.1) is 11.6 Å². The van der Waals surface area contributed by atoms with Crippen LogP contribution in [0.1, 0.15) is 46.1 Å². The molecule has 1 N–H and O–H groups in total. The molecule has 5 heteroatoms. The number of rotatable bonds is 3. The van der Waals surface area contributed by atoms with Crippen LogP contribution in [0.4, 0.5) is 0 Å². The number of fused-ring (bicyclic) bond motifs is 1. The van der Waals surface area contributed by atoms with Gasteiger partial charge in [0.15, 0.2) is 0 Å². The first kappa shape index (κ1) is 14.9. The Morgan fingerprint density at radius 1 is 1.27 bits per heavy atom. The molecule has 1 aliphatic rings. The summed E-state index contributed by atoms with van der Waals surface area (Å²) in [5.74, 6) is -1.45. The van der Waals surface area contributed by atoms with Crippen molar-refractivity contribution >= 4 is 23.4 Å². The maximum Gasteiger partial charge on any atom is 0.312 e. The number of ketones is 1. The third kappa shape index (κ3) is 2.44. The molecule has 0 fully saturated rings. The molecule has 1 aromatic carbocycles. The fraction of sp³-hybridized carbons (Fsp3) is 0.294. The van der Waals surface area contributed by atoms with Gasteiger partial charge in [0.1, 0.15) is 0 Å². The highest BCUT2D eigenvalue weighted by molar-refractivity contribution is 6.30. The second-order valence-electron chi connectivity index (χ2n) is 5.62. The normalized spacial score (nSPS) is 17.1. The molecule has 2 heterocycles. The number of carbonyl (C=O) groups is 2. The van der Waals surface area contributed by atoms with E-state index in [-0.39, 0.29) is 5.78 Å². The molecular weight excluding hydrogens is 302 g/mol. The number of hydrogen-bond donors (Lipinski definition) is 1. The topological polar surface area (TPSA) is 59.3 Å². The maximum absolute atomic E-state index is 12.8. The van der Waals surface area contributed by atoms with Gasteiger partial charge in [-0.2, -0.15) is 0 Å². The second-order valence-corrected chi connectivity index (χ2v) is 6.06. The lowest BCUT2D eigenvalue weighted by Crippen LogP contribution is -2.24. The Bertz CT molecular complexity index is 746. The third-order valence-corrected chi connectivity index (χ3v) is 4.42. The van der Waals surface area contributed by atoms with Gasteiger partial charge in [-0.3, -0.25) is 9.59 Å². The van der Waals surface area contributed by atoms with Gasteiger partial charge in [-0.1, -0.05) is 11.6 Å². The predicted molar refractivity (Wildman–Crippen MR) is 83.7 cm³/mol. The molecule has 1 atom stereocenters. The summed E-state index contributed by atoms with van der Waals surface area (Å²) in [7, 11) is 0. The first-order valence-electron chi connectivity index (χ1n) is 7.22. The van der Waals surface area contributed by atoms with E-state index < -0.39 is 11.9 Å². The van der Waals surface area contributed by atoms with Gasteiger partial charge in [0, 0.05) is 22.8 Å². The van der Waals surface area contributed by atoms with E-state index in [0.717, 1.165) is 17.7 Å². The molecule has 3 rings (SSSR count). The van der Waals surface area contributed by atoms with Crippen LogP contribution in [-0.2, 0) is 11.3 Å². The van der Waals surface area contributed by atoms with E-state index in [2.05, 4.69) is 0 Å². The highest BCUT2D eigenvalue weighted by Crippen LogP contribution is 2.32. The van der Waals surface area contributed by atoms with Crippen molar-refractivity contribution in [1.29, 1.82) is 0 Å². The highest BCUT2D eigenvalue weighted by Gasteiger charge is 2.31. The maximum atomic E-state index is 12.8. The fourth-order valence-corrected chi connectivity index (χ4v) is 3.26. The Morgan fingerprint density at radius 3 is 2.59 bits per heavy atom. The summed E-state index contributed by atoms with van der Waals surface area (Å²) in [6.45, 7) is 2.54. The average Bonchev–Trinajstić information content (AvgIpc) is 2.82. The molecule has 0 bridgehead atoms. The van der Waals surface area contributed by atoms with E-state index in [4.69, 9.17) is 11.6 Å². The molecule has 114 valence electrons. The Morgan fingerprint density at radius 2 is 1.95 bits per heavy atom. The number of carbonyl (C=O) groups excluding carboxylic acids is 1. The minimum absolute atomic E-state index is 0.0912. The Labute approximate surface area is 133 Å². The van der Waals surface area contributed by atoms with Crippen LogP contribution in [0.15, 0.2) is 30.3 Å². The molecule has 22 heavy (non-hydrogen) atoms. The number of benzene rings is 1. The van der Waals surface area contributed by atoms with E-state index in [1.807, 2.05) is 17.6 Å². The molecule has 4 nitrogen and oxygen atoms in total. The Balaban J connectivity index is 2.07. The lowest BCUT2D eigenvalue weighted by Gasteiger charge is -2.23. The fourth-order valence-electron chi connectivity index (χ4n) is 3.13. The van der Waals surface area contributed by atoms with Gasteiger partial charge in [0.25, 0.3) is 0 Å². The zero-order chi connectivity index (χ0) is 15.9. The summed E-state index contributed by atoms with van der Waals surface area (Å²) in [6, 6.07) is 8.60. The third-order valence-electron chi connectivity index (χ3n) is 4.17. The minimum Gasteiger partial charge on any atom is -0.481 e. The number of aryl methyl sites for hydroxylation is 1. The van der Waals surface area contributed by atoms with Gasteiger partial charge in [-0.15, -0.1) is 0 Å². The summed E-state index contributed by atoms with van der Waals surface area (Å²) in [5.41, 5.74) is 2.70. The summed E-state index contributed by atoms with van der Waals surface area (Å²) in [6.07, 6.45) is 1.38. The van der Waals surface area contributed by atoms with Crippen molar-refractivity contribution in [3.05, 3.63) is 57.9 Å². The average molecular weight is 318 g/mol. The largest absolute Gasteiger partial charge is 0.481 e. The van der Waals surface area contributed by atoms with Crippen molar-refractivity contribution < 1.29 is 14.7 Å². The van der Waals surface area contributed by atoms with Crippen LogP contribution in [0.25, 0.3) is 0 Å². The van der Waals surface area contributed by atoms with Gasteiger partial charge >= 0.3 is 5.97 Å². The number of halogens is 1. The van der Waals surface area contributed by atoms with Crippen molar-refractivity contribution in [2.24, 2.45) is 0 Å². The van der Waals surface area contributed by atoms with Crippen molar-refractivity contribution in [3.8, 4) is 0 Å². The van der Waals surface area contributed by atoms with Crippen LogP contribution in [0.3, 0.4) is 0 Å². The SMILES string of the molecule is Cc1cc2n(c1C(=O)c1ccc(Cl)cc1)CCCC2C(=O)O.